The summed E-state index contributed by atoms with van der Waals surface area (Å²) in [6.07, 6.45) is 2.66. The molecule has 1 aromatic carbocycles. The number of carbonyl (C=O) groups is 6. The van der Waals surface area contributed by atoms with Gasteiger partial charge in [0.1, 0.15) is 18.1 Å². The summed E-state index contributed by atoms with van der Waals surface area (Å²) in [5.41, 5.74) is 7.58. The highest BCUT2D eigenvalue weighted by molar-refractivity contribution is 5.94. The number of amides is 3. The molecule has 2 aromatic heterocycles. The Balaban J connectivity index is 1.78. The number of hydrogen-bond donors (Lipinski definition) is 9. The zero-order chi connectivity index (χ0) is 31.5. The molecule has 230 valence electrons. The van der Waals surface area contributed by atoms with E-state index in [0.717, 1.165) is 10.9 Å². The van der Waals surface area contributed by atoms with E-state index in [4.69, 9.17) is 15.9 Å². The Hall–Kier alpha value is -5.25. The largest absolute Gasteiger partial charge is 0.481 e. The second-order valence-electron chi connectivity index (χ2n) is 9.84. The van der Waals surface area contributed by atoms with Crippen LogP contribution >= 0.6 is 0 Å². The molecule has 4 atom stereocenters. The number of benzene rings is 1. The Bertz CT molecular complexity index is 1450. The molecule has 4 unspecified atom stereocenters. The quantitative estimate of drug-likeness (QED) is 0.0933. The zero-order valence-electron chi connectivity index (χ0n) is 22.9. The minimum Gasteiger partial charge on any atom is -0.481 e. The Morgan fingerprint density at radius 1 is 0.791 bits per heavy atom. The van der Waals surface area contributed by atoms with E-state index in [1.807, 2.05) is 18.2 Å². The summed E-state index contributed by atoms with van der Waals surface area (Å²) >= 11 is 0. The minimum atomic E-state index is -1.45. The molecule has 0 aliphatic rings. The van der Waals surface area contributed by atoms with Crippen molar-refractivity contribution in [2.24, 2.45) is 5.73 Å². The van der Waals surface area contributed by atoms with Gasteiger partial charge in [-0.05, 0) is 24.5 Å². The average molecular weight is 600 g/mol. The van der Waals surface area contributed by atoms with Crippen LogP contribution in [0.4, 0.5) is 0 Å². The fraction of sp³-hybridized carbons (Fsp3) is 0.370. The number of carbonyl (C=O) groups excluding carboxylic acids is 3. The smallest absolute Gasteiger partial charge is 0.326 e. The average Bonchev–Trinajstić information content (AvgIpc) is 3.62. The molecule has 16 heteroatoms. The van der Waals surface area contributed by atoms with Crippen molar-refractivity contribution in [3.63, 3.8) is 0 Å². The molecule has 10 N–H and O–H groups in total. The monoisotopic (exact) mass is 599 g/mol. The molecular weight excluding hydrogens is 566 g/mol. The van der Waals surface area contributed by atoms with Crippen LogP contribution in [0, 0.1) is 0 Å². The lowest BCUT2D eigenvalue weighted by atomic mass is 10.0. The van der Waals surface area contributed by atoms with Crippen LogP contribution in [0.25, 0.3) is 10.9 Å². The van der Waals surface area contributed by atoms with Crippen LogP contribution in [0.3, 0.4) is 0 Å². The van der Waals surface area contributed by atoms with E-state index in [9.17, 15) is 33.9 Å². The number of aromatic nitrogens is 3. The molecule has 16 nitrogen and oxygen atoms in total. The lowest BCUT2D eigenvalue weighted by Gasteiger charge is -2.25. The van der Waals surface area contributed by atoms with Gasteiger partial charge in [0.05, 0.1) is 12.4 Å². The van der Waals surface area contributed by atoms with Gasteiger partial charge in [0.15, 0.2) is 0 Å². The number of hydrogen-bond acceptors (Lipinski definition) is 8. The molecule has 43 heavy (non-hydrogen) atoms. The summed E-state index contributed by atoms with van der Waals surface area (Å²) in [5.74, 6) is -6.41. The first-order valence-electron chi connectivity index (χ1n) is 13.3. The topological polar surface area (TPSA) is 270 Å². The second kappa shape index (κ2) is 15.1. The number of nitrogens with two attached hydrogens (primary N) is 1. The van der Waals surface area contributed by atoms with Gasteiger partial charge in [-0.3, -0.25) is 24.0 Å². The lowest BCUT2D eigenvalue weighted by molar-refractivity contribution is -0.142. The Morgan fingerprint density at radius 3 is 2.07 bits per heavy atom. The standard InChI is InChI=1S/C27H33N7O9/c28-17(5-7-22(35)36)24(39)32-19(6-8-23(37)38)25(40)33-20(10-15-12-29-13-31-15)26(41)34-21(27(42)43)9-14-11-30-18-4-2-1-3-16(14)18/h1-4,11-13,17,19-21,30H,5-10,28H2,(H,29,31)(H,32,39)(H,33,40)(H,34,41)(H,35,36)(H,37,38)(H,42,43). The van der Waals surface area contributed by atoms with Crippen LogP contribution in [0.1, 0.15) is 36.9 Å². The Labute approximate surface area is 244 Å². The number of carboxylic acids is 3. The third-order valence-electron chi connectivity index (χ3n) is 6.61. The first kappa shape index (κ1) is 32.3. The molecule has 0 aliphatic carbocycles. The van der Waals surface area contributed by atoms with E-state index >= 15 is 0 Å². The van der Waals surface area contributed by atoms with Gasteiger partial charge in [-0.2, -0.15) is 0 Å². The molecular formula is C27H33N7O9. The maximum Gasteiger partial charge on any atom is 0.326 e. The fourth-order valence-corrected chi connectivity index (χ4v) is 4.32. The van der Waals surface area contributed by atoms with Crippen molar-refractivity contribution in [2.45, 2.75) is 62.7 Å². The Morgan fingerprint density at radius 2 is 1.42 bits per heavy atom. The highest BCUT2D eigenvalue weighted by Crippen LogP contribution is 2.19. The second-order valence-corrected chi connectivity index (χ2v) is 9.84. The van der Waals surface area contributed by atoms with Crippen LogP contribution in [-0.2, 0) is 41.6 Å². The van der Waals surface area contributed by atoms with Crippen molar-refractivity contribution >= 4 is 46.5 Å². The summed E-state index contributed by atoms with van der Waals surface area (Å²) in [5, 5.41) is 35.9. The fourth-order valence-electron chi connectivity index (χ4n) is 4.32. The number of aromatic amines is 2. The predicted molar refractivity (Wildman–Crippen MR) is 149 cm³/mol. The molecule has 0 fully saturated rings. The van der Waals surface area contributed by atoms with Gasteiger partial charge < -0.3 is 47.0 Å². The molecule has 3 amide bonds. The maximum absolute atomic E-state index is 13.4. The van der Waals surface area contributed by atoms with Crippen LogP contribution in [0.2, 0.25) is 0 Å². The normalized spacial score (nSPS) is 13.8. The molecule has 0 saturated carbocycles. The van der Waals surface area contributed by atoms with Gasteiger partial charge in [0, 0.05) is 54.7 Å². The summed E-state index contributed by atoms with van der Waals surface area (Å²) in [6, 6.07) is 1.77. The van der Waals surface area contributed by atoms with E-state index < -0.39 is 72.6 Å². The van der Waals surface area contributed by atoms with Gasteiger partial charge in [-0.1, -0.05) is 18.2 Å². The first-order valence-corrected chi connectivity index (χ1v) is 13.3. The molecule has 3 aromatic rings. The maximum atomic E-state index is 13.4. The minimum absolute atomic E-state index is 0.0681. The highest BCUT2D eigenvalue weighted by atomic mass is 16.4. The summed E-state index contributed by atoms with van der Waals surface area (Å²) in [4.78, 5) is 83.0. The first-order chi connectivity index (χ1) is 20.4. The van der Waals surface area contributed by atoms with Gasteiger partial charge in [-0.25, -0.2) is 9.78 Å². The number of fused-ring (bicyclic) bond motifs is 1. The number of carboxylic acid groups (broad SMARTS) is 3. The van der Waals surface area contributed by atoms with E-state index in [2.05, 4.69) is 30.9 Å². The molecule has 2 heterocycles. The number of nitrogens with one attached hydrogen (secondary N) is 5. The third-order valence-corrected chi connectivity index (χ3v) is 6.61. The van der Waals surface area contributed by atoms with Crippen molar-refractivity contribution in [3.8, 4) is 0 Å². The van der Waals surface area contributed by atoms with Crippen molar-refractivity contribution in [2.75, 3.05) is 0 Å². The number of para-hydroxylation sites is 1. The summed E-state index contributed by atoms with van der Waals surface area (Å²) < 4.78 is 0. The molecule has 0 radical (unpaired) electrons. The van der Waals surface area contributed by atoms with Gasteiger partial charge in [-0.15, -0.1) is 0 Å². The van der Waals surface area contributed by atoms with Crippen molar-refractivity contribution in [3.05, 3.63) is 54.2 Å². The van der Waals surface area contributed by atoms with Crippen LogP contribution in [0.5, 0.6) is 0 Å². The van der Waals surface area contributed by atoms with Gasteiger partial charge in [0.2, 0.25) is 17.7 Å². The zero-order valence-corrected chi connectivity index (χ0v) is 22.9. The van der Waals surface area contributed by atoms with E-state index in [1.54, 1.807) is 12.3 Å². The highest BCUT2D eigenvalue weighted by Gasteiger charge is 2.31. The van der Waals surface area contributed by atoms with Crippen LogP contribution in [0.15, 0.2) is 43.0 Å². The molecule has 0 saturated heterocycles. The number of imidazole rings is 1. The number of H-pyrrole nitrogens is 2. The predicted octanol–water partition coefficient (Wildman–Crippen LogP) is -0.728. The van der Waals surface area contributed by atoms with Crippen molar-refractivity contribution < 1.29 is 44.1 Å². The number of rotatable bonds is 17. The molecule has 0 aliphatic heterocycles. The van der Waals surface area contributed by atoms with Crippen molar-refractivity contribution in [1.82, 2.24) is 30.9 Å². The lowest BCUT2D eigenvalue weighted by Crippen LogP contribution is -2.58. The van der Waals surface area contributed by atoms with Gasteiger partial charge >= 0.3 is 17.9 Å². The SMILES string of the molecule is NC(CCC(=O)O)C(=O)NC(CCC(=O)O)C(=O)NC(Cc1cnc[nH]1)C(=O)NC(Cc1c[nH]c2ccccc12)C(=O)O. The van der Waals surface area contributed by atoms with Crippen LogP contribution in [-0.4, -0.2) is 90.1 Å². The van der Waals surface area contributed by atoms with Crippen LogP contribution < -0.4 is 21.7 Å². The van der Waals surface area contributed by atoms with Crippen molar-refractivity contribution in [1.29, 1.82) is 0 Å². The third kappa shape index (κ3) is 9.67. The molecule has 3 rings (SSSR count). The summed E-state index contributed by atoms with van der Waals surface area (Å²) in [6.45, 7) is 0. The Kier molecular flexibility index (Phi) is 11.3. The summed E-state index contributed by atoms with van der Waals surface area (Å²) in [7, 11) is 0. The molecule has 0 spiro atoms. The number of nitrogens with zero attached hydrogens (tertiary/aromatic N) is 1. The van der Waals surface area contributed by atoms with E-state index in [1.165, 1.54) is 12.5 Å². The van der Waals surface area contributed by atoms with E-state index in [-0.39, 0.29) is 25.7 Å². The molecule has 0 bridgehead atoms. The van der Waals surface area contributed by atoms with E-state index in [0.29, 0.717) is 11.3 Å². The van der Waals surface area contributed by atoms with Gasteiger partial charge in [0.25, 0.3) is 0 Å². The number of aliphatic carboxylic acids is 3.